The summed E-state index contributed by atoms with van der Waals surface area (Å²) in [5, 5.41) is 3.96. The highest BCUT2D eigenvalue weighted by atomic mass is 32.1. The Kier molecular flexibility index (Phi) is 8.17. The highest BCUT2D eigenvalue weighted by molar-refractivity contribution is 7.08. The van der Waals surface area contributed by atoms with Crippen molar-refractivity contribution in [1.29, 1.82) is 0 Å². The molecule has 3 heteroatoms. The van der Waals surface area contributed by atoms with Crippen molar-refractivity contribution in [2.75, 3.05) is 20.3 Å². The summed E-state index contributed by atoms with van der Waals surface area (Å²) in [6, 6.07) is 1.94. The number of hydrogen-bond acceptors (Lipinski definition) is 3. The Hall–Kier alpha value is -0.540. The molecule has 1 heterocycles. The van der Waals surface area contributed by atoms with Crippen LogP contribution < -0.4 is 4.74 Å². The lowest BCUT2D eigenvalue weighted by molar-refractivity contribution is 0.146. The summed E-state index contributed by atoms with van der Waals surface area (Å²) in [5.41, 5.74) is 0. The van der Waals surface area contributed by atoms with Crippen LogP contribution in [0.1, 0.15) is 13.8 Å². The smallest absolute Gasteiger partial charge is 0.130 e. The van der Waals surface area contributed by atoms with Crippen LogP contribution >= 0.6 is 11.3 Å². The zero-order valence-electron chi connectivity index (χ0n) is 7.87. The van der Waals surface area contributed by atoms with Gasteiger partial charge >= 0.3 is 0 Å². The third-order valence-corrected chi connectivity index (χ3v) is 1.71. The van der Waals surface area contributed by atoms with Crippen molar-refractivity contribution in [2.45, 2.75) is 13.8 Å². The summed E-state index contributed by atoms with van der Waals surface area (Å²) >= 11 is 1.63. The van der Waals surface area contributed by atoms with E-state index in [0.717, 1.165) is 5.75 Å². The fourth-order valence-electron chi connectivity index (χ4n) is 0.577. The molecule has 0 spiro atoms. The molecule has 0 radical (unpaired) electrons. The summed E-state index contributed by atoms with van der Waals surface area (Å²) in [6.45, 7) is 5.28. The van der Waals surface area contributed by atoms with Crippen LogP contribution in [0.15, 0.2) is 16.8 Å². The lowest BCUT2D eigenvalue weighted by Gasteiger charge is -2.00. The lowest BCUT2D eigenvalue weighted by atomic mass is 10.6. The molecule has 1 aromatic heterocycles. The van der Waals surface area contributed by atoms with Crippen LogP contribution in [-0.2, 0) is 4.74 Å². The summed E-state index contributed by atoms with van der Waals surface area (Å²) in [6.07, 6.45) is 0. The van der Waals surface area contributed by atoms with Crippen molar-refractivity contribution in [1.82, 2.24) is 0 Å². The van der Waals surface area contributed by atoms with Gasteiger partial charge in [0.25, 0.3) is 0 Å². The maximum Gasteiger partial charge on any atom is 0.130 e. The van der Waals surface area contributed by atoms with Crippen molar-refractivity contribution in [3.05, 3.63) is 16.8 Å². The molecular formula is C9H16O2S. The highest BCUT2D eigenvalue weighted by Crippen LogP contribution is 2.13. The van der Waals surface area contributed by atoms with Gasteiger partial charge in [-0.05, 0) is 11.4 Å². The minimum atomic E-state index is 0.632. The van der Waals surface area contributed by atoms with Crippen LogP contribution in [-0.4, -0.2) is 20.3 Å². The second-order valence-electron chi connectivity index (χ2n) is 1.80. The van der Waals surface area contributed by atoms with Crippen LogP contribution in [0.5, 0.6) is 5.75 Å². The van der Waals surface area contributed by atoms with Crippen molar-refractivity contribution in [3.8, 4) is 5.75 Å². The van der Waals surface area contributed by atoms with E-state index in [2.05, 4.69) is 0 Å². The minimum Gasteiger partial charge on any atom is -0.490 e. The van der Waals surface area contributed by atoms with Crippen LogP contribution in [0, 0.1) is 0 Å². The zero-order valence-corrected chi connectivity index (χ0v) is 8.69. The first-order chi connectivity index (χ1) is 5.93. The van der Waals surface area contributed by atoms with Crippen molar-refractivity contribution in [3.63, 3.8) is 0 Å². The Bertz CT molecular complexity index is 161. The number of thiophene rings is 1. The predicted molar refractivity (Wildman–Crippen MR) is 53.0 cm³/mol. The molecule has 1 aromatic rings. The topological polar surface area (TPSA) is 18.5 Å². The average molecular weight is 188 g/mol. The van der Waals surface area contributed by atoms with Gasteiger partial charge in [-0.3, -0.25) is 0 Å². The van der Waals surface area contributed by atoms with Gasteiger partial charge in [0.1, 0.15) is 12.4 Å². The quantitative estimate of drug-likeness (QED) is 0.676. The van der Waals surface area contributed by atoms with E-state index in [1.54, 1.807) is 18.4 Å². The molecule has 0 fully saturated rings. The Balaban J connectivity index is 0.000000561. The standard InChI is InChI=1S/C7H10O2S.C2H6/c1-8-3-4-9-7-2-5-10-6-7;1-2/h2,5-6H,3-4H2,1H3;1-2H3. The first-order valence-electron chi connectivity index (χ1n) is 4.07. The molecule has 0 atom stereocenters. The first-order valence-corrected chi connectivity index (χ1v) is 5.01. The number of hydrogen-bond donors (Lipinski definition) is 0. The molecule has 70 valence electrons. The van der Waals surface area contributed by atoms with Crippen molar-refractivity contribution >= 4 is 11.3 Å². The van der Waals surface area contributed by atoms with Gasteiger partial charge in [0.15, 0.2) is 0 Å². The van der Waals surface area contributed by atoms with E-state index < -0.39 is 0 Å². The molecule has 1 rings (SSSR count). The first kappa shape index (κ1) is 11.5. The molecule has 12 heavy (non-hydrogen) atoms. The maximum atomic E-state index is 5.27. The normalized spacial score (nSPS) is 8.58. The fraction of sp³-hybridized carbons (Fsp3) is 0.556. The summed E-state index contributed by atoms with van der Waals surface area (Å²) in [5.74, 6) is 0.932. The molecule has 0 unspecified atom stereocenters. The fourth-order valence-corrected chi connectivity index (χ4v) is 1.15. The van der Waals surface area contributed by atoms with E-state index in [0.29, 0.717) is 13.2 Å². The van der Waals surface area contributed by atoms with Gasteiger partial charge in [-0.2, -0.15) is 0 Å². The van der Waals surface area contributed by atoms with E-state index in [9.17, 15) is 0 Å². The van der Waals surface area contributed by atoms with Crippen LogP contribution in [0.2, 0.25) is 0 Å². The SMILES string of the molecule is CC.COCCOc1ccsc1. The van der Waals surface area contributed by atoms with Gasteiger partial charge in [-0.15, -0.1) is 11.3 Å². The Morgan fingerprint density at radius 3 is 2.58 bits per heavy atom. The van der Waals surface area contributed by atoms with E-state index in [-0.39, 0.29) is 0 Å². The number of ether oxygens (including phenoxy) is 2. The third-order valence-electron chi connectivity index (χ3n) is 1.05. The van der Waals surface area contributed by atoms with Gasteiger partial charge in [-0.1, -0.05) is 13.8 Å². The van der Waals surface area contributed by atoms with Gasteiger partial charge in [-0.25, -0.2) is 0 Å². The van der Waals surface area contributed by atoms with E-state index in [1.165, 1.54) is 0 Å². The van der Waals surface area contributed by atoms with E-state index in [4.69, 9.17) is 9.47 Å². The lowest BCUT2D eigenvalue weighted by Crippen LogP contribution is -2.03. The maximum absolute atomic E-state index is 5.27. The second-order valence-corrected chi connectivity index (χ2v) is 2.58. The van der Waals surface area contributed by atoms with Crippen molar-refractivity contribution < 1.29 is 9.47 Å². The Labute approximate surface area is 78.1 Å². The number of rotatable bonds is 4. The van der Waals surface area contributed by atoms with Gasteiger partial charge in [0.2, 0.25) is 0 Å². The zero-order chi connectivity index (χ0) is 9.23. The average Bonchev–Trinajstić information content (AvgIpc) is 2.61. The molecule has 0 saturated carbocycles. The van der Waals surface area contributed by atoms with E-state index in [1.807, 2.05) is 30.7 Å². The summed E-state index contributed by atoms with van der Waals surface area (Å²) in [7, 11) is 1.66. The third kappa shape index (κ3) is 5.16. The van der Waals surface area contributed by atoms with Gasteiger partial charge in [0, 0.05) is 12.5 Å². The summed E-state index contributed by atoms with van der Waals surface area (Å²) < 4.78 is 10.1. The molecule has 0 saturated heterocycles. The Morgan fingerprint density at radius 2 is 2.08 bits per heavy atom. The Morgan fingerprint density at radius 1 is 1.33 bits per heavy atom. The van der Waals surface area contributed by atoms with E-state index >= 15 is 0 Å². The largest absolute Gasteiger partial charge is 0.490 e. The molecule has 0 aliphatic rings. The van der Waals surface area contributed by atoms with Crippen LogP contribution in [0.25, 0.3) is 0 Å². The minimum absolute atomic E-state index is 0.632. The molecule has 0 amide bonds. The molecule has 0 bridgehead atoms. The highest BCUT2D eigenvalue weighted by Gasteiger charge is 1.90. The van der Waals surface area contributed by atoms with Gasteiger partial charge in [0.05, 0.1) is 6.61 Å². The molecular weight excluding hydrogens is 172 g/mol. The molecule has 0 aromatic carbocycles. The predicted octanol–water partition coefficient (Wildman–Crippen LogP) is 2.80. The molecule has 0 N–H and O–H groups in total. The number of methoxy groups -OCH3 is 1. The molecule has 0 aliphatic carbocycles. The van der Waals surface area contributed by atoms with Gasteiger partial charge < -0.3 is 9.47 Å². The van der Waals surface area contributed by atoms with Crippen LogP contribution in [0.3, 0.4) is 0 Å². The molecule has 2 nitrogen and oxygen atoms in total. The molecule has 0 aliphatic heterocycles. The van der Waals surface area contributed by atoms with Crippen LogP contribution in [0.4, 0.5) is 0 Å². The summed E-state index contributed by atoms with van der Waals surface area (Å²) in [4.78, 5) is 0. The monoisotopic (exact) mass is 188 g/mol. The van der Waals surface area contributed by atoms with Crippen molar-refractivity contribution in [2.24, 2.45) is 0 Å². The second kappa shape index (κ2) is 8.56.